The van der Waals surface area contributed by atoms with E-state index in [1.54, 1.807) is 12.1 Å². The number of hydrogen-bond donors (Lipinski definition) is 0. The summed E-state index contributed by atoms with van der Waals surface area (Å²) in [6.45, 7) is 10.6. The Morgan fingerprint density at radius 2 is 1.29 bits per heavy atom. The van der Waals surface area contributed by atoms with Gasteiger partial charge in [-0.2, -0.15) is 0 Å². The van der Waals surface area contributed by atoms with Crippen LogP contribution in [-0.2, 0) is 9.59 Å². The number of hydrogen-bond acceptors (Lipinski definition) is 3. The van der Waals surface area contributed by atoms with Gasteiger partial charge in [-0.3, -0.25) is 9.59 Å². The molecule has 1 aliphatic heterocycles. The number of nitrogens with zero attached hydrogens (tertiary/aromatic N) is 1. The molecule has 3 aliphatic rings. The van der Waals surface area contributed by atoms with Crippen LogP contribution in [0.4, 0.5) is 5.69 Å². The van der Waals surface area contributed by atoms with Gasteiger partial charge in [-0.25, -0.2) is 0 Å². The van der Waals surface area contributed by atoms with E-state index >= 15 is 0 Å². The second-order valence-electron chi connectivity index (χ2n) is 11.9. The number of anilines is 1. The Labute approximate surface area is 217 Å². The van der Waals surface area contributed by atoms with Gasteiger partial charge in [0.2, 0.25) is 0 Å². The maximum atomic E-state index is 13.9. The molecule has 0 radical (unpaired) electrons. The normalized spacial score (nSPS) is 21.9. The summed E-state index contributed by atoms with van der Waals surface area (Å²) in [7, 11) is 0. The molecule has 5 heteroatoms. The number of allylic oxidation sites excluding steroid dienone is 4. The third-order valence-electron chi connectivity index (χ3n) is 7.48. The fourth-order valence-electron chi connectivity index (χ4n) is 6.02. The summed E-state index contributed by atoms with van der Waals surface area (Å²) in [4.78, 5) is 29.9. The van der Waals surface area contributed by atoms with Crippen LogP contribution < -0.4 is 4.90 Å². The second kappa shape index (κ2) is 8.35. The molecule has 1 heterocycles. The molecule has 0 fully saturated rings. The van der Waals surface area contributed by atoms with Crippen LogP contribution in [0.15, 0.2) is 65.0 Å². The maximum Gasteiger partial charge on any atom is 0.162 e. The number of carbonyl (C=O) groups excluding carboxylic acids is 2. The summed E-state index contributed by atoms with van der Waals surface area (Å²) in [5, 5.41) is 1.02. The molecule has 2 aromatic rings. The van der Waals surface area contributed by atoms with E-state index in [1.165, 1.54) is 5.56 Å². The highest BCUT2D eigenvalue weighted by Gasteiger charge is 2.49. The van der Waals surface area contributed by atoms with Crippen LogP contribution in [0.5, 0.6) is 0 Å². The number of halogens is 2. The van der Waals surface area contributed by atoms with E-state index in [2.05, 4.69) is 63.8 Å². The molecule has 0 amide bonds. The summed E-state index contributed by atoms with van der Waals surface area (Å²) in [6.07, 6.45) is 2.37. The minimum absolute atomic E-state index is 0.0913. The molecular formula is C30H31Cl2NO2. The van der Waals surface area contributed by atoms with Crippen molar-refractivity contribution in [1.29, 1.82) is 0 Å². The molecule has 2 aliphatic carbocycles. The average molecular weight is 508 g/mol. The van der Waals surface area contributed by atoms with Crippen molar-refractivity contribution in [3.8, 4) is 0 Å². The van der Waals surface area contributed by atoms with Crippen LogP contribution >= 0.6 is 23.2 Å². The molecule has 0 bridgehead atoms. The first kappa shape index (κ1) is 24.3. The van der Waals surface area contributed by atoms with Crippen molar-refractivity contribution >= 4 is 40.5 Å². The lowest BCUT2D eigenvalue weighted by Gasteiger charge is -2.49. The number of Topliss-reactive ketones (excluding diaryl/α,β-unsaturated/α-hetero) is 2. The lowest BCUT2D eigenvalue weighted by atomic mass is 9.63. The molecule has 2 aromatic carbocycles. The van der Waals surface area contributed by atoms with Crippen LogP contribution in [0.2, 0.25) is 10.0 Å². The Morgan fingerprint density at radius 3 is 1.77 bits per heavy atom. The smallest absolute Gasteiger partial charge is 0.162 e. The first-order valence-corrected chi connectivity index (χ1v) is 13.0. The summed E-state index contributed by atoms with van der Waals surface area (Å²) < 4.78 is 0. The number of rotatable bonds is 2. The lowest BCUT2D eigenvalue weighted by Crippen LogP contribution is -2.44. The monoisotopic (exact) mass is 507 g/mol. The highest BCUT2D eigenvalue weighted by atomic mass is 35.5. The van der Waals surface area contributed by atoms with Crippen LogP contribution in [0.25, 0.3) is 0 Å². The lowest BCUT2D eigenvalue weighted by molar-refractivity contribution is -0.119. The van der Waals surface area contributed by atoms with E-state index in [0.717, 1.165) is 35.5 Å². The number of carbonyl (C=O) groups is 2. The van der Waals surface area contributed by atoms with Crippen molar-refractivity contribution in [1.82, 2.24) is 0 Å². The van der Waals surface area contributed by atoms with Crippen molar-refractivity contribution in [2.45, 2.75) is 66.2 Å². The van der Waals surface area contributed by atoms with Gasteiger partial charge in [0, 0.05) is 57.0 Å². The fourth-order valence-corrected chi connectivity index (χ4v) is 6.53. The minimum Gasteiger partial charge on any atom is -0.317 e. The Morgan fingerprint density at radius 1 is 0.771 bits per heavy atom. The van der Waals surface area contributed by atoms with E-state index in [-0.39, 0.29) is 22.4 Å². The Bertz CT molecular complexity index is 1260. The molecule has 5 rings (SSSR count). The Kier molecular flexibility index (Phi) is 5.81. The maximum absolute atomic E-state index is 13.9. The van der Waals surface area contributed by atoms with Crippen LogP contribution in [-0.4, -0.2) is 11.6 Å². The van der Waals surface area contributed by atoms with Crippen LogP contribution in [0.1, 0.15) is 70.4 Å². The van der Waals surface area contributed by atoms with Gasteiger partial charge >= 0.3 is 0 Å². The van der Waals surface area contributed by atoms with Gasteiger partial charge in [-0.15, -0.1) is 0 Å². The van der Waals surface area contributed by atoms with Gasteiger partial charge in [0.1, 0.15) is 0 Å². The molecule has 0 saturated heterocycles. The molecule has 3 nitrogen and oxygen atoms in total. The van der Waals surface area contributed by atoms with Crippen molar-refractivity contribution in [3.05, 3.63) is 86.2 Å². The molecule has 0 spiro atoms. The predicted octanol–water partition coefficient (Wildman–Crippen LogP) is 8.19. The number of benzene rings is 2. The zero-order valence-electron chi connectivity index (χ0n) is 21.0. The van der Waals surface area contributed by atoms with E-state index in [1.807, 2.05) is 6.07 Å². The third-order valence-corrected chi connectivity index (χ3v) is 8.04. The zero-order valence-corrected chi connectivity index (χ0v) is 22.5. The van der Waals surface area contributed by atoms with Crippen molar-refractivity contribution in [3.63, 3.8) is 0 Å². The number of ketones is 2. The van der Waals surface area contributed by atoms with Gasteiger partial charge < -0.3 is 4.90 Å². The quantitative estimate of drug-likeness (QED) is 0.410. The third kappa shape index (κ3) is 4.27. The molecule has 0 saturated carbocycles. The Balaban J connectivity index is 1.85. The van der Waals surface area contributed by atoms with E-state index < -0.39 is 5.92 Å². The fraction of sp³-hybridized carbons (Fsp3) is 0.400. The first-order valence-electron chi connectivity index (χ1n) is 12.2. The highest BCUT2D eigenvalue weighted by molar-refractivity contribution is 6.35. The summed E-state index contributed by atoms with van der Waals surface area (Å²) in [5.41, 5.74) is 5.99. The molecular weight excluding hydrogens is 477 g/mol. The van der Waals surface area contributed by atoms with Crippen molar-refractivity contribution in [2.75, 3.05) is 4.90 Å². The van der Waals surface area contributed by atoms with Gasteiger partial charge in [-0.05, 0) is 60.4 Å². The molecule has 182 valence electrons. The summed E-state index contributed by atoms with van der Waals surface area (Å²) in [5.74, 6) is -0.291. The standard InChI is InChI=1S/C30H31Cl2NO2/c1-17-6-9-19(10-7-17)33-22-13-29(2,3)15-24(34)27(22)26(20-11-8-18(31)12-21(20)32)28-23(33)14-30(4,5)16-25(28)35/h6-12,26H,13-16H2,1-5H3. The van der Waals surface area contributed by atoms with Crippen molar-refractivity contribution in [2.24, 2.45) is 10.8 Å². The molecule has 0 unspecified atom stereocenters. The second-order valence-corrected chi connectivity index (χ2v) is 12.7. The topological polar surface area (TPSA) is 37.4 Å². The minimum atomic E-state index is -0.473. The van der Waals surface area contributed by atoms with Gasteiger partial charge in [0.25, 0.3) is 0 Å². The highest BCUT2D eigenvalue weighted by Crippen LogP contribution is 2.56. The number of aryl methyl sites for hydroxylation is 1. The van der Waals surface area contributed by atoms with E-state index in [9.17, 15) is 9.59 Å². The SMILES string of the molecule is Cc1ccc(N2C3=C(C(=O)CC(C)(C)C3)C(c3ccc(Cl)cc3Cl)C3=C2CC(C)(C)CC3=O)cc1. The van der Waals surface area contributed by atoms with Crippen LogP contribution in [0.3, 0.4) is 0 Å². The van der Waals surface area contributed by atoms with Gasteiger partial charge in [-0.1, -0.05) is 74.7 Å². The molecule has 0 N–H and O–H groups in total. The van der Waals surface area contributed by atoms with E-state index in [0.29, 0.717) is 34.0 Å². The largest absolute Gasteiger partial charge is 0.317 e. The predicted molar refractivity (Wildman–Crippen MR) is 143 cm³/mol. The van der Waals surface area contributed by atoms with E-state index in [4.69, 9.17) is 23.2 Å². The molecule has 35 heavy (non-hydrogen) atoms. The first-order chi connectivity index (χ1) is 16.4. The molecule has 0 atom stereocenters. The average Bonchev–Trinajstić information content (AvgIpc) is 2.72. The molecule has 0 aromatic heterocycles. The zero-order chi connectivity index (χ0) is 25.3. The Hall–Kier alpha value is -2.36. The summed E-state index contributed by atoms with van der Waals surface area (Å²) >= 11 is 13.0. The summed E-state index contributed by atoms with van der Waals surface area (Å²) in [6, 6.07) is 13.7. The van der Waals surface area contributed by atoms with Crippen LogP contribution in [0, 0.1) is 17.8 Å². The van der Waals surface area contributed by atoms with Gasteiger partial charge in [0.05, 0.1) is 0 Å². The van der Waals surface area contributed by atoms with Crippen molar-refractivity contribution < 1.29 is 9.59 Å². The van der Waals surface area contributed by atoms with Gasteiger partial charge in [0.15, 0.2) is 11.6 Å².